The number of guanidine groups is 1. The van der Waals surface area contributed by atoms with E-state index in [2.05, 4.69) is 48.3 Å². The monoisotopic (exact) mass is 426 g/mol. The van der Waals surface area contributed by atoms with Gasteiger partial charge in [-0.2, -0.15) is 0 Å². The van der Waals surface area contributed by atoms with Crippen LogP contribution in [0.15, 0.2) is 34.2 Å². The van der Waals surface area contributed by atoms with Crippen molar-refractivity contribution in [1.29, 1.82) is 0 Å². The van der Waals surface area contributed by atoms with Gasteiger partial charge in [-0.25, -0.2) is 8.42 Å². The summed E-state index contributed by atoms with van der Waals surface area (Å²) in [4.78, 5) is 6.72. The van der Waals surface area contributed by atoms with Crippen LogP contribution in [0.1, 0.15) is 32.8 Å². The first-order valence-corrected chi connectivity index (χ1v) is 11.7. The Hall–Kier alpha value is -1.64. The first-order valence-electron chi connectivity index (χ1n) is 10.1. The third kappa shape index (κ3) is 9.60. The fourth-order valence-corrected chi connectivity index (χ4v) is 3.92. The van der Waals surface area contributed by atoms with Crippen LogP contribution in [-0.2, 0) is 20.0 Å². The van der Waals surface area contributed by atoms with Crippen molar-refractivity contribution >= 4 is 15.8 Å². The van der Waals surface area contributed by atoms with Crippen molar-refractivity contribution in [2.45, 2.75) is 37.5 Å². The summed E-state index contributed by atoms with van der Waals surface area (Å²) in [5, 5.41) is 6.29. The molecular formula is C21H38N4O3S. The Bertz CT molecular complexity index is 725. The summed E-state index contributed by atoms with van der Waals surface area (Å²) in [6.45, 7) is 9.94. The summed E-state index contributed by atoms with van der Waals surface area (Å²) in [7, 11) is 2.11. The highest BCUT2D eigenvalue weighted by Gasteiger charge is 2.17. The van der Waals surface area contributed by atoms with Crippen molar-refractivity contribution in [1.82, 2.24) is 15.5 Å². The maximum absolute atomic E-state index is 12.6. The zero-order valence-corrected chi connectivity index (χ0v) is 19.6. The van der Waals surface area contributed by atoms with Gasteiger partial charge in [0, 0.05) is 46.9 Å². The standard InChI is InChI=1S/C21H38N4O3S/c1-21(2,3)18-8-10-19(11-9-18)29(26,27)17-13-24-20(22-4)23-12-15-25(5)14-7-16-28-6/h8-11H,7,12-17H2,1-6H3,(H2,22,23,24). The molecule has 0 saturated heterocycles. The summed E-state index contributed by atoms with van der Waals surface area (Å²) in [5.41, 5.74) is 1.12. The topological polar surface area (TPSA) is 83.0 Å². The van der Waals surface area contributed by atoms with Crippen LogP contribution in [0.3, 0.4) is 0 Å². The maximum atomic E-state index is 12.6. The predicted octanol–water partition coefficient (Wildman–Crippen LogP) is 1.89. The SMILES string of the molecule is CN=C(NCCN(C)CCCOC)NCCS(=O)(=O)c1ccc(C(C)(C)C)cc1. The summed E-state index contributed by atoms with van der Waals surface area (Å²) in [5.74, 6) is 0.619. The van der Waals surface area contributed by atoms with E-state index in [1.807, 2.05) is 12.1 Å². The van der Waals surface area contributed by atoms with Crippen molar-refractivity contribution in [2.75, 3.05) is 59.7 Å². The lowest BCUT2D eigenvalue weighted by Crippen LogP contribution is -2.42. The van der Waals surface area contributed by atoms with E-state index in [4.69, 9.17) is 4.74 Å². The highest BCUT2D eigenvalue weighted by molar-refractivity contribution is 7.91. The van der Waals surface area contributed by atoms with Gasteiger partial charge < -0.3 is 20.3 Å². The van der Waals surface area contributed by atoms with E-state index in [-0.39, 0.29) is 11.2 Å². The highest BCUT2D eigenvalue weighted by atomic mass is 32.2. The van der Waals surface area contributed by atoms with Gasteiger partial charge in [0.15, 0.2) is 15.8 Å². The number of aliphatic imine (C=N–C) groups is 1. The van der Waals surface area contributed by atoms with Gasteiger partial charge in [-0.15, -0.1) is 0 Å². The first kappa shape index (κ1) is 25.4. The molecule has 0 aliphatic heterocycles. The minimum Gasteiger partial charge on any atom is -0.385 e. The van der Waals surface area contributed by atoms with Crippen LogP contribution in [0.4, 0.5) is 0 Å². The number of hydrogen-bond acceptors (Lipinski definition) is 5. The molecule has 0 aliphatic carbocycles. The number of sulfone groups is 1. The minimum absolute atomic E-state index is 0.000143. The lowest BCUT2D eigenvalue weighted by Gasteiger charge is -2.19. The Kier molecular flexibility index (Phi) is 10.6. The zero-order valence-electron chi connectivity index (χ0n) is 18.8. The molecule has 1 aromatic rings. The lowest BCUT2D eigenvalue weighted by molar-refractivity contribution is 0.180. The first-order chi connectivity index (χ1) is 13.6. The minimum atomic E-state index is -3.34. The molecule has 0 radical (unpaired) electrons. The molecule has 0 fully saturated rings. The Balaban J connectivity index is 2.43. The molecule has 1 rings (SSSR count). The molecule has 0 aliphatic rings. The number of nitrogens with one attached hydrogen (secondary N) is 2. The van der Waals surface area contributed by atoms with Gasteiger partial charge >= 0.3 is 0 Å². The quantitative estimate of drug-likeness (QED) is 0.319. The molecule has 166 valence electrons. The molecule has 8 heteroatoms. The molecule has 0 spiro atoms. The smallest absolute Gasteiger partial charge is 0.191 e. The third-order valence-corrected chi connectivity index (χ3v) is 6.37. The largest absolute Gasteiger partial charge is 0.385 e. The lowest BCUT2D eigenvalue weighted by atomic mass is 9.87. The van der Waals surface area contributed by atoms with Crippen LogP contribution in [0.5, 0.6) is 0 Å². The van der Waals surface area contributed by atoms with Gasteiger partial charge in [0.1, 0.15) is 0 Å². The van der Waals surface area contributed by atoms with Crippen LogP contribution in [0, 0.1) is 0 Å². The van der Waals surface area contributed by atoms with E-state index >= 15 is 0 Å². The predicted molar refractivity (Wildman–Crippen MR) is 121 cm³/mol. The Labute approximate surface area is 176 Å². The molecule has 0 aromatic heterocycles. The van der Waals surface area contributed by atoms with E-state index in [1.54, 1.807) is 26.3 Å². The van der Waals surface area contributed by atoms with Gasteiger partial charge in [-0.1, -0.05) is 32.9 Å². The number of rotatable bonds is 11. The van der Waals surface area contributed by atoms with E-state index in [9.17, 15) is 8.42 Å². The van der Waals surface area contributed by atoms with Gasteiger partial charge in [-0.3, -0.25) is 4.99 Å². The van der Waals surface area contributed by atoms with E-state index < -0.39 is 9.84 Å². The number of benzene rings is 1. The number of hydrogen-bond donors (Lipinski definition) is 2. The molecule has 2 N–H and O–H groups in total. The molecule has 0 bridgehead atoms. The summed E-state index contributed by atoms with van der Waals surface area (Å²) in [6.07, 6.45) is 0.995. The average Bonchev–Trinajstić information content (AvgIpc) is 2.66. The summed E-state index contributed by atoms with van der Waals surface area (Å²) < 4.78 is 30.2. The van der Waals surface area contributed by atoms with Crippen LogP contribution < -0.4 is 10.6 Å². The van der Waals surface area contributed by atoms with Crippen LogP contribution in [-0.4, -0.2) is 79.0 Å². The Morgan fingerprint density at radius 2 is 1.72 bits per heavy atom. The third-order valence-electron chi connectivity index (χ3n) is 4.64. The van der Waals surface area contributed by atoms with Crippen molar-refractivity contribution in [3.63, 3.8) is 0 Å². The second kappa shape index (κ2) is 12.1. The molecule has 1 aromatic carbocycles. The Morgan fingerprint density at radius 3 is 2.28 bits per heavy atom. The van der Waals surface area contributed by atoms with Crippen molar-refractivity contribution in [3.05, 3.63) is 29.8 Å². The molecule has 0 saturated carbocycles. The van der Waals surface area contributed by atoms with Gasteiger partial charge in [0.2, 0.25) is 0 Å². The summed E-state index contributed by atoms with van der Waals surface area (Å²) >= 11 is 0. The second-order valence-electron chi connectivity index (χ2n) is 8.17. The second-order valence-corrected chi connectivity index (χ2v) is 10.3. The number of ether oxygens (including phenoxy) is 1. The molecule has 0 unspecified atom stereocenters. The van der Waals surface area contributed by atoms with Gasteiger partial charge in [0.25, 0.3) is 0 Å². The molecule has 0 amide bonds. The number of likely N-dealkylation sites (N-methyl/N-ethyl adjacent to an activating group) is 1. The summed E-state index contributed by atoms with van der Waals surface area (Å²) in [6, 6.07) is 7.18. The van der Waals surface area contributed by atoms with Gasteiger partial charge in [-0.05, 0) is 36.6 Å². The van der Waals surface area contributed by atoms with Crippen LogP contribution in [0.25, 0.3) is 0 Å². The molecule has 29 heavy (non-hydrogen) atoms. The Morgan fingerprint density at radius 1 is 1.10 bits per heavy atom. The maximum Gasteiger partial charge on any atom is 0.191 e. The molecule has 0 atom stereocenters. The molecule has 0 heterocycles. The van der Waals surface area contributed by atoms with Crippen molar-refractivity contribution < 1.29 is 13.2 Å². The number of methoxy groups -OCH3 is 1. The van der Waals surface area contributed by atoms with Gasteiger partial charge in [0.05, 0.1) is 10.6 Å². The zero-order chi connectivity index (χ0) is 21.9. The normalized spacial score (nSPS) is 13.0. The fraction of sp³-hybridized carbons (Fsp3) is 0.667. The highest BCUT2D eigenvalue weighted by Crippen LogP contribution is 2.23. The van der Waals surface area contributed by atoms with E-state index in [1.165, 1.54) is 0 Å². The molecule has 7 nitrogen and oxygen atoms in total. The van der Waals surface area contributed by atoms with Crippen molar-refractivity contribution in [3.8, 4) is 0 Å². The van der Waals surface area contributed by atoms with Crippen LogP contribution in [0.2, 0.25) is 0 Å². The number of nitrogens with zero attached hydrogens (tertiary/aromatic N) is 2. The molecular weight excluding hydrogens is 388 g/mol. The van der Waals surface area contributed by atoms with E-state index in [0.29, 0.717) is 17.4 Å². The van der Waals surface area contributed by atoms with Crippen molar-refractivity contribution in [2.24, 2.45) is 4.99 Å². The fourth-order valence-electron chi connectivity index (χ4n) is 2.76. The average molecular weight is 427 g/mol. The van der Waals surface area contributed by atoms with Crippen LogP contribution >= 0.6 is 0 Å². The van der Waals surface area contributed by atoms with E-state index in [0.717, 1.165) is 38.2 Å².